The van der Waals surface area contributed by atoms with E-state index in [9.17, 15) is 19.2 Å². The molecule has 5 rings (SSSR count). The number of carbonyl (C=O) groups is 4. The van der Waals surface area contributed by atoms with Gasteiger partial charge in [0.25, 0.3) is 0 Å². The van der Waals surface area contributed by atoms with E-state index >= 15 is 0 Å². The molecule has 350 valence electrons. The summed E-state index contributed by atoms with van der Waals surface area (Å²) >= 11 is 0. The molecule has 13 heteroatoms. The fraction of sp³-hybridized carbons (Fsp3) is 0.519. The second-order valence-electron chi connectivity index (χ2n) is 18.3. The second-order valence-corrected chi connectivity index (χ2v) is 18.3. The standard InChI is InChI=1S/C52H67N3O10/c1-34(2)15-9-16-35(3)17-10-18-36(4)19-11-24-52(8)25-23-43-39(7)46(37(5)38(6)47(43)65-52)64-51(59)63-45(33-61-49(57)41-21-13-27-54-30-41)44(62-50(58)42-22-14-28-55-31-42)32-60-48(56)40-20-12-26-53-29-40/h12-14,20-22,26-31,34-36,44-45H,9-11,15-19,23-25,32-33H2,1-8H3. The van der Waals surface area contributed by atoms with E-state index < -0.39 is 49.5 Å². The summed E-state index contributed by atoms with van der Waals surface area (Å²) in [5.41, 5.74) is 3.25. The number of esters is 3. The van der Waals surface area contributed by atoms with Crippen molar-refractivity contribution in [3.8, 4) is 11.5 Å². The Bertz CT molecular complexity index is 2170. The Kier molecular flexibility index (Phi) is 18.9. The first kappa shape index (κ1) is 50.2. The Morgan fingerprint density at radius 1 is 0.646 bits per heavy atom. The first-order chi connectivity index (χ1) is 31.1. The Morgan fingerprint density at radius 3 is 1.65 bits per heavy atom. The fourth-order valence-corrected chi connectivity index (χ4v) is 8.22. The molecule has 65 heavy (non-hydrogen) atoms. The third-order valence-electron chi connectivity index (χ3n) is 12.4. The molecule has 0 spiro atoms. The number of ether oxygens (including phenoxy) is 6. The topological polar surface area (TPSA) is 162 Å². The number of hydrogen-bond acceptors (Lipinski definition) is 13. The van der Waals surface area contributed by atoms with Gasteiger partial charge in [-0.3, -0.25) is 15.0 Å². The highest BCUT2D eigenvalue weighted by molar-refractivity contribution is 5.90. The van der Waals surface area contributed by atoms with Gasteiger partial charge in [0.2, 0.25) is 0 Å². The van der Waals surface area contributed by atoms with Crippen LogP contribution in [0.2, 0.25) is 0 Å². The maximum absolute atomic E-state index is 13.9. The molecule has 4 heterocycles. The van der Waals surface area contributed by atoms with Gasteiger partial charge in [-0.25, -0.2) is 19.2 Å². The Labute approximate surface area is 384 Å². The van der Waals surface area contributed by atoms with Crippen molar-refractivity contribution in [2.24, 2.45) is 17.8 Å². The lowest BCUT2D eigenvalue weighted by Crippen LogP contribution is -2.43. The summed E-state index contributed by atoms with van der Waals surface area (Å²) in [6.07, 6.45) is 16.8. The van der Waals surface area contributed by atoms with Gasteiger partial charge in [0.1, 0.15) is 30.3 Å². The minimum atomic E-state index is -1.51. The zero-order valence-corrected chi connectivity index (χ0v) is 39.4. The van der Waals surface area contributed by atoms with Crippen LogP contribution in [0.4, 0.5) is 4.79 Å². The molecular formula is C52H67N3O10. The zero-order valence-electron chi connectivity index (χ0n) is 39.4. The van der Waals surface area contributed by atoms with Gasteiger partial charge >= 0.3 is 24.1 Å². The molecule has 0 bridgehead atoms. The van der Waals surface area contributed by atoms with Crippen molar-refractivity contribution in [2.75, 3.05) is 13.2 Å². The zero-order chi connectivity index (χ0) is 46.9. The predicted molar refractivity (Wildman–Crippen MR) is 246 cm³/mol. The highest BCUT2D eigenvalue weighted by Gasteiger charge is 2.37. The lowest BCUT2D eigenvalue weighted by Gasteiger charge is -2.38. The van der Waals surface area contributed by atoms with Crippen molar-refractivity contribution < 1.29 is 47.6 Å². The molecule has 4 aromatic rings. The van der Waals surface area contributed by atoms with E-state index in [-0.39, 0.29) is 22.3 Å². The largest absolute Gasteiger partial charge is 0.514 e. The van der Waals surface area contributed by atoms with Crippen LogP contribution in [0.3, 0.4) is 0 Å². The summed E-state index contributed by atoms with van der Waals surface area (Å²) < 4.78 is 35.5. The van der Waals surface area contributed by atoms with Gasteiger partial charge in [-0.15, -0.1) is 0 Å². The summed E-state index contributed by atoms with van der Waals surface area (Å²) in [6, 6.07) is 9.17. The quantitative estimate of drug-likeness (QED) is 0.0393. The number of hydrogen-bond donors (Lipinski definition) is 0. The van der Waals surface area contributed by atoms with Gasteiger partial charge in [0, 0.05) is 42.7 Å². The van der Waals surface area contributed by atoms with E-state index in [1.165, 1.54) is 100 Å². The maximum Gasteiger partial charge on any atom is 0.514 e. The van der Waals surface area contributed by atoms with E-state index in [1.807, 2.05) is 20.8 Å². The molecule has 3 aromatic heterocycles. The average Bonchev–Trinajstić information content (AvgIpc) is 3.30. The van der Waals surface area contributed by atoms with Crippen molar-refractivity contribution in [3.05, 3.63) is 113 Å². The highest BCUT2D eigenvalue weighted by atomic mass is 16.7. The molecule has 0 saturated heterocycles. The van der Waals surface area contributed by atoms with Gasteiger partial charge in [0.05, 0.1) is 16.7 Å². The van der Waals surface area contributed by atoms with Gasteiger partial charge < -0.3 is 28.4 Å². The Morgan fingerprint density at radius 2 is 1.14 bits per heavy atom. The minimum Gasteiger partial charge on any atom is -0.487 e. The summed E-state index contributed by atoms with van der Waals surface area (Å²) in [5, 5.41) is 0. The lowest BCUT2D eigenvalue weighted by molar-refractivity contribution is -0.0771. The number of nitrogens with zero attached hydrogens (tertiary/aromatic N) is 3. The van der Waals surface area contributed by atoms with E-state index in [4.69, 9.17) is 28.4 Å². The van der Waals surface area contributed by atoms with Crippen LogP contribution in [0, 0.1) is 38.5 Å². The van der Waals surface area contributed by atoms with Crippen LogP contribution >= 0.6 is 0 Å². The van der Waals surface area contributed by atoms with E-state index in [2.05, 4.69) is 49.6 Å². The molecular weight excluding hydrogens is 827 g/mol. The van der Waals surface area contributed by atoms with Crippen LogP contribution < -0.4 is 9.47 Å². The second kappa shape index (κ2) is 24.4. The van der Waals surface area contributed by atoms with Crippen LogP contribution in [-0.4, -0.2) is 70.0 Å². The van der Waals surface area contributed by atoms with Crippen molar-refractivity contribution in [1.82, 2.24) is 15.0 Å². The number of benzene rings is 1. The van der Waals surface area contributed by atoms with Gasteiger partial charge in [-0.05, 0) is 124 Å². The van der Waals surface area contributed by atoms with Crippen LogP contribution in [0.25, 0.3) is 0 Å². The van der Waals surface area contributed by atoms with Crippen molar-refractivity contribution in [1.29, 1.82) is 0 Å². The van der Waals surface area contributed by atoms with Crippen LogP contribution in [0.15, 0.2) is 73.6 Å². The predicted octanol–water partition coefficient (Wildman–Crippen LogP) is 11.1. The first-order valence-corrected chi connectivity index (χ1v) is 23.1. The summed E-state index contributed by atoms with van der Waals surface area (Å²) in [7, 11) is 0. The smallest absolute Gasteiger partial charge is 0.487 e. The molecule has 0 saturated carbocycles. The van der Waals surface area contributed by atoms with Gasteiger partial charge in [0.15, 0.2) is 12.2 Å². The molecule has 0 amide bonds. The SMILES string of the molecule is Cc1c(C)c2c(c(C)c1OC(=O)OC(COC(=O)c1cccnc1)C(COC(=O)c1cccnc1)OC(=O)c1cccnc1)CCC(C)(CCCC(C)CCCC(C)CCCC(C)C)O2. The number of aromatic nitrogens is 3. The Hall–Kier alpha value is -5.85. The molecule has 5 atom stereocenters. The van der Waals surface area contributed by atoms with E-state index in [0.29, 0.717) is 17.2 Å². The lowest BCUT2D eigenvalue weighted by atomic mass is 9.83. The molecule has 1 aromatic carbocycles. The molecule has 0 N–H and O–H groups in total. The van der Waals surface area contributed by atoms with Crippen molar-refractivity contribution in [3.63, 3.8) is 0 Å². The fourth-order valence-electron chi connectivity index (χ4n) is 8.22. The molecule has 0 radical (unpaired) electrons. The number of rotatable bonds is 23. The molecule has 13 nitrogen and oxygen atoms in total. The normalized spacial score (nSPS) is 16.3. The molecule has 0 fully saturated rings. The minimum absolute atomic E-state index is 0.0803. The van der Waals surface area contributed by atoms with E-state index in [1.54, 1.807) is 18.2 Å². The van der Waals surface area contributed by atoms with Crippen LogP contribution in [-0.2, 0) is 25.4 Å². The van der Waals surface area contributed by atoms with Crippen LogP contribution in [0.1, 0.15) is 152 Å². The van der Waals surface area contributed by atoms with Gasteiger partial charge in [-0.2, -0.15) is 0 Å². The summed E-state index contributed by atoms with van der Waals surface area (Å²) in [4.78, 5) is 65.3. The first-order valence-electron chi connectivity index (χ1n) is 23.1. The molecule has 5 unspecified atom stereocenters. The molecule has 1 aliphatic rings. The number of fused-ring (bicyclic) bond motifs is 1. The number of carbonyl (C=O) groups excluding carboxylic acids is 4. The molecule has 0 aliphatic carbocycles. The summed E-state index contributed by atoms with van der Waals surface area (Å²) in [5.74, 6) is 0.942. The third-order valence-corrected chi connectivity index (χ3v) is 12.4. The Balaban J connectivity index is 1.28. The maximum atomic E-state index is 13.9. The van der Waals surface area contributed by atoms with Crippen molar-refractivity contribution >= 4 is 24.1 Å². The molecule has 1 aliphatic heterocycles. The van der Waals surface area contributed by atoms with Crippen molar-refractivity contribution in [2.45, 2.75) is 144 Å². The van der Waals surface area contributed by atoms with Crippen LogP contribution in [0.5, 0.6) is 11.5 Å². The highest BCUT2D eigenvalue weighted by Crippen LogP contribution is 2.45. The monoisotopic (exact) mass is 893 g/mol. The van der Waals surface area contributed by atoms with E-state index in [0.717, 1.165) is 60.0 Å². The van der Waals surface area contributed by atoms with Gasteiger partial charge in [-0.1, -0.05) is 72.6 Å². The third kappa shape index (κ3) is 15.1. The summed E-state index contributed by atoms with van der Waals surface area (Å²) in [6.45, 7) is 16.1. The average molecular weight is 894 g/mol. The number of pyridine rings is 3.